The molecule has 0 aliphatic carbocycles. The summed E-state index contributed by atoms with van der Waals surface area (Å²) in [5.74, 6) is 2.20. The Morgan fingerprint density at radius 3 is 2.53 bits per heavy atom. The SMILES string of the molecule is COc1ccc(-c2nc3sc(=Cc4cn(-c5ccccc5)nc4-c4ccco4)c(=O)n3n2)cc1OC. The number of rotatable bonds is 6. The first-order valence-electron chi connectivity index (χ1n) is 11.0. The van der Waals surface area contributed by atoms with Crippen LogP contribution in [0.4, 0.5) is 0 Å². The van der Waals surface area contributed by atoms with Crippen LogP contribution in [0, 0.1) is 0 Å². The normalized spacial score (nSPS) is 11.9. The molecule has 36 heavy (non-hydrogen) atoms. The quantitative estimate of drug-likeness (QED) is 0.345. The van der Waals surface area contributed by atoms with E-state index in [-0.39, 0.29) is 5.56 Å². The van der Waals surface area contributed by atoms with E-state index in [0.29, 0.717) is 38.3 Å². The Labute approximate surface area is 208 Å². The van der Waals surface area contributed by atoms with Crippen LogP contribution in [0.5, 0.6) is 11.5 Å². The Hall–Kier alpha value is -4.70. The first-order valence-corrected chi connectivity index (χ1v) is 11.8. The molecule has 9 nitrogen and oxygen atoms in total. The fourth-order valence-electron chi connectivity index (χ4n) is 3.88. The van der Waals surface area contributed by atoms with Gasteiger partial charge in [0.25, 0.3) is 5.56 Å². The molecule has 0 saturated carbocycles. The molecular weight excluding hydrogens is 478 g/mol. The van der Waals surface area contributed by atoms with Crippen molar-refractivity contribution < 1.29 is 13.9 Å². The minimum atomic E-state index is -0.257. The van der Waals surface area contributed by atoms with Gasteiger partial charge in [-0.05, 0) is 48.5 Å². The summed E-state index contributed by atoms with van der Waals surface area (Å²) in [5, 5.41) is 9.16. The molecule has 0 aliphatic rings. The van der Waals surface area contributed by atoms with E-state index >= 15 is 0 Å². The molecule has 178 valence electrons. The van der Waals surface area contributed by atoms with Gasteiger partial charge in [-0.3, -0.25) is 4.79 Å². The Morgan fingerprint density at radius 2 is 1.81 bits per heavy atom. The number of fused-ring (bicyclic) bond motifs is 1. The molecular formula is C26H19N5O4S. The molecule has 0 spiro atoms. The molecule has 6 rings (SSSR count). The topological polar surface area (TPSA) is 96.7 Å². The molecule has 0 saturated heterocycles. The minimum absolute atomic E-state index is 0.257. The van der Waals surface area contributed by atoms with Crippen molar-refractivity contribution in [1.29, 1.82) is 0 Å². The molecule has 0 fully saturated rings. The number of aromatic nitrogens is 5. The predicted octanol–water partition coefficient (Wildman–Crippen LogP) is 3.83. The number of para-hydroxylation sites is 1. The van der Waals surface area contributed by atoms with E-state index in [1.165, 1.54) is 15.9 Å². The highest BCUT2D eigenvalue weighted by atomic mass is 32.1. The number of ether oxygens (including phenoxy) is 2. The van der Waals surface area contributed by atoms with Crippen molar-refractivity contribution in [2.45, 2.75) is 0 Å². The second kappa shape index (κ2) is 8.82. The summed E-state index contributed by atoms with van der Waals surface area (Å²) in [6.07, 6.45) is 5.26. The van der Waals surface area contributed by atoms with Gasteiger partial charge in [0.1, 0.15) is 5.69 Å². The van der Waals surface area contributed by atoms with Crippen molar-refractivity contribution in [3.8, 4) is 40.0 Å². The van der Waals surface area contributed by atoms with Gasteiger partial charge >= 0.3 is 0 Å². The molecule has 0 aliphatic heterocycles. The van der Waals surface area contributed by atoms with Gasteiger partial charge in [0.2, 0.25) is 4.96 Å². The molecule has 0 radical (unpaired) electrons. The lowest BCUT2D eigenvalue weighted by Crippen LogP contribution is -2.23. The third kappa shape index (κ3) is 3.73. The lowest BCUT2D eigenvalue weighted by Gasteiger charge is -2.07. The van der Waals surface area contributed by atoms with Gasteiger partial charge in [-0.1, -0.05) is 29.5 Å². The Kier molecular flexibility index (Phi) is 5.34. The lowest BCUT2D eigenvalue weighted by molar-refractivity contribution is 0.355. The Balaban J connectivity index is 1.44. The van der Waals surface area contributed by atoms with Crippen molar-refractivity contribution in [2.24, 2.45) is 0 Å². The second-order valence-electron chi connectivity index (χ2n) is 7.81. The van der Waals surface area contributed by atoms with Crippen LogP contribution in [0.3, 0.4) is 0 Å². The van der Waals surface area contributed by atoms with Gasteiger partial charge in [0.05, 0.1) is 30.7 Å². The summed E-state index contributed by atoms with van der Waals surface area (Å²) >= 11 is 1.26. The van der Waals surface area contributed by atoms with Crippen LogP contribution in [-0.4, -0.2) is 38.6 Å². The highest BCUT2D eigenvalue weighted by Crippen LogP contribution is 2.31. The molecule has 0 amide bonds. The van der Waals surface area contributed by atoms with Crippen molar-refractivity contribution in [3.63, 3.8) is 0 Å². The zero-order valence-electron chi connectivity index (χ0n) is 19.3. The fraction of sp³-hybridized carbons (Fsp3) is 0.0769. The van der Waals surface area contributed by atoms with Crippen LogP contribution >= 0.6 is 11.3 Å². The van der Waals surface area contributed by atoms with E-state index in [1.807, 2.05) is 48.7 Å². The Morgan fingerprint density at radius 1 is 0.972 bits per heavy atom. The smallest absolute Gasteiger partial charge is 0.291 e. The molecule has 6 aromatic rings. The number of nitrogens with zero attached hydrogens (tertiary/aromatic N) is 5. The molecule has 0 unspecified atom stereocenters. The first-order chi connectivity index (χ1) is 17.6. The van der Waals surface area contributed by atoms with Crippen LogP contribution in [0.25, 0.3) is 39.6 Å². The molecule has 0 bridgehead atoms. The van der Waals surface area contributed by atoms with E-state index in [9.17, 15) is 4.79 Å². The van der Waals surface area contributed by atoms with Crippen LogP contribution in [0.15, 0.2) is 82.3 Å². The van der Waals surface area contributed by atoms with Crippen LogP contribution in [-0.2, 0) is 0 Å². The standard InChI is InChI=1S/C26H19N5O4S/c1-33-19-11-10-16(13-21(19)34-2)24-27-26-31(29-24)25(32)22(36-26)14-17-15-30(18-7-4-3-5-8-18)28-23(17)20-9-6-12-35-20/h3-15H,1-2H3. The van der Waals surface area contributed by atoms with Crippen molar-refractivity contribution in [2.75, 3.05) is 14.2 Å². The average molecular weight is 498 g/mol. The largest absolute Gasteiger partial charge is 0.493 e. The molecule has 0 N–H and O–H groups in total. The number of furan rings is 1. The van der Waals surface area contributed by atoms with Gasteiger partial charge in [-0.2, -0.15) is 14.6 Å². The lowest BCUT2D eigenvalue weighted by atomic mass is 10.2. The van der Waals surface area contributed by atoms with Crippen molar-refractivity contribution in [3.05, 3.63) is 93.6 Å². The van der Waals surface area contributed by atoms with Gasteiger partial charge < -0.3 is 13.9 Å². The molecule has 4 aromatic heterocycles. The second-order valence-corrected chi connectivity index (χ2v) is 8.81. The highest BCUT2D eigenvalue weighted by molar-refractivity contribution is 7.15. The van der Waals surface area contributed by atoms with Crippen LogP contribution < -0.4 is 19.6 Å². The number of benzene rings is 2. The Bertz CT molecular complexity index is 1790. The zero-order chi connectivity index (χ0) is 24.6. The number of hydrogen-bond donors (Lipinski definition) is 0. The summed E-state index contributed by atoms with van der Waals surface area (Å²) in [6, 6.07) is 18.8. The van der Waals surface area contributed by atoms with Gasteiger partial charge in [-0.15, -0.1) is 5.10 Å². The van der Waals surface area contributed by atoms with Gasteiger partial charge in [0, 0.05) is 17.3 Å². The maximum atomic E-state index is 13.2. The summed E-state index contributed by atoms with van der Waals surface area (Å²) in [7, 11) is 3.14. The fourth-order valence-corrected chi connectivity index (χ4v) is 4.78. The third-order valence-electron chi connectivity index (χ3n) is 5.63. The maximum Gasteiger partial charge on any atom is 0.291 e. The molecule has 4 heterocycles. The van der Waals surface area contributed by atoms with E-state index in [4.69, 9.17) is 19.0 Å². The summed E-state index contributed by atoms with van der Waals surface area (Å²) in [4.78, 5) is 18.3. The summed E-state index contributed by atoms with van der Waals surface area (Å²) in [6.45, 7) is 0. The van der Waals surface area contributed by atoms with E-state index in [2.05, 4.69) is 10.1 Å². The third-order valence-corrected chi connectivity index (χ3v) is 6.59. The average Bonchev–Trinajstić information content (AvgIpc) is 3.71. The van der Waals surface area contributed by atoms with Crippen LogP contribution in [0.2, 0.25) is 0 Å². The van der Waals surface area contributed by atoms with Crippen molar-refractivity contribution in [1.82, 2.24) is 24.4 Å². The van der Waals surface area contributed by atoms with E-state index < -0.39 is 0 Å². The van der Waals surface area contributed by atoms with Crippen LogP contribution in [0.1, 0.15) is 5.56 Å². The molecule has 2 aromatic carbocycles. The number of methoxy groups -OCH3 is 2. The van der Waals surface area contributed by atoms with Gasteiger partial charge in [0.15, 0.2) is 23.1 Å². The van der Waals surface area contributed by atoms with E-state index in [0.717, 1.165) is 16.8 Å². The summed E-state index contributed by atoms with van der Waals surface area (Å²) < 4.78 is 19.8. The molecule has 10 heteroatoms. The predicted molar refractivity (Wildman–Crippen MR) is 136 cm³/mol. The monoisotopic (exact) mass is 497 g/mol. The number of thiazole rings is 1. The molecule has 0 atom stereocenters. The maximum absolute atomic E-state index is 13.2. The van der Waals surface area contributed by atoms with Gasteiger partial charge in [-0.25, -0.2) is 4.68 Å². The highest BCUT2D eigenvalue weighted by Gasteiger charge is 2.17. The number of hydrogen-bond acceptors (Lipinski definition) is 8. The minimum Gasteiger partial charge on any atom is -0.493 e. The van der Waals surface area contributed by atoms with E-state index in [1.54, 1.807) is 49.4 Å². The summed E-state index contributed by atoms with van der Waals surface area (Å²) in [5.41, 5.74) is 2.74. The first kappa shape index (κ1) is 21.8. The van der Waals surface area contributed by atoms with Crippen molar-refractivity contribution >= 4 is 22.4 Å². The zero-order valence-corrected chi connectivity index (χ0v) is 20.1.